The van der Waals surface area contributed by atoms with Gasteiger partial charge in [0.2, 0.25) is 0 Å². The van der Waals surface area contributed by atoms with Crippen molar-refractivity contribution in [3.05, 3.63) is 41.9 Å². The van der Waals surface area contributed by atoms with E-state index in [0.29, 0.717) is 11.7 Å². The molecule has 0 saturated carbocycles. The topological polar surface area (TPSA) is 30.7 Å². The number of halogens is 3. The quantitative estimate of drug-likeness (QED) is 0.854. The predicted octanol–water partition coefficient (Wildman–Crippen LogP) is 3.48. The molecule has 2 heterocycles. The van der Waals surface area contributed by atoms with Crippen LogP contribution in [0.15, 0.2) is 30.6 Å². The molecule has 6 heteroatoms. The third-order valence-corrected chi connectivity index (χ3v) is 2.57. The van der Waals surface area contributed by atoms with E-state index in [9.17, 15) is 13.2 Å². The van der Waals surface area contributed by atoms with Crippen molar-refractivity contribution < 1.29 is 13.2 Å². The Morgan fingerprint density at radius 1 is 1.21 bits per heavy atom. The van der Waals surface area contributed by atoms with Crippen molar-refractivity contribution in [1.82, 2.24) is 14.8 Å². The summed E-state index contributed by atoms with van der Waals surface area (Å²) in [6.07, 6.45) is -0.611. The molecule has 0 aliphatic rings. The summed E-state index contributed by atoms with van der Waals surface area (Å²) in [6.45, 7) is 4.19. The molecule has 0 unspecified atom stereocenters. The van der Waals surface area contributed by atoms with Crippen LogP contribution in [-0.2, 0) is 12.6 Å². The third-order valence-electron chi connectivity index (χ3n) is 2.57. The van der Waals surface area contributed by atoms with Gasteiger partial charge in [0.15, 0.2) is 11.5 Å². The highest BCUT2D eigenvalue weighted by Crippen LogP contribution is 2.27. The molecule has 2 aromatic rings. The highest BCUT2D eigenvalue weighted by atomic mass is 19.4. The van der Waals surface area contributed by atoms with Crippen molar-refractivity contribution >= 4 is 0 Å². The first kappa shape index (κ1) is 13.6. The average molecular weight is 269 g/mol. The van der Waals surface area contributed by atoms with E-state index in [1.54, 1.807) is 12.3 Å². The third kappa shape index (κ3) is 3.33. The largest absolute Gasteiger partial charge is 0.435 e. The van der Waals surface area contributed by atoms with E-state index in [4.69, 9.17) is 0 Å². The van der Waals surface area contributed by atoms with Gasteiger partial charge >= 0.3 is 6.18 Å². The van der Waals surface area contributed by atoms with E-state index in [2.05, 4.69) is 23.9 Å². The van der Waals surface area contributed by atoms with E-state index < -0.39 is 11.9 Å². The van der Waals surface area contributed by atoms with Crippen LogP contribution in [0.1, 0.15) is 25.1 Å². The minimum Gasteiger partial charge on any atom is -0.237 e. The van der Waals surface area contributed by atoms with Crippen LogP contribution >= 0.6 is 0 Å². The van der Waals surface area contributed by atoms with E-state index in [-0.39, 0.29) is 0 Å². The number of pyridine rings is 1. The summed E-state index contributed by atoms with van der Waals surface area (Å²) >= 11 is 0. The molecule has 2 aromatic heterocycles. The molecule has 19 heavy (non-hydrogen) atoms. The Kier molecular flexibility index (Phi) is 3.59. The van der Waals surface area contributed by atoms with Crippen molar-refractivity contribution in [2.24, 2.45) is 5.92 Å². The van der Waals surface area contributed by atoms with Crippen LogP contribution < -0.4 is 0 Å². The first-order valence-corrected chi connectivity index (χ1v) is 5.94. The molecule has 0 saturated heterocycles. The molecule has 0 amide bonds. The Labute approximate surface area is 109 Å². The van der Waals surface area contributed by atoms with Crippen LogP contribution in [0.2, 0.25) is 0 Å². The van der Waals surface area contributed by atoms with E-state index in [0.717, 1.165) is 22.7 Å². The van der Waals surface area contributed by atoms with Gasteiger partial charge in [0.05, 0.1) is 0 Å². The molecule has 0 atom stereocenters. The van der Waals surface area contributed by atoms with E-state index in [1.165, 1.54) is 6.20 Å². The van der Waals surface area contributed by atoms with Crippen LogP contribution in [0.3, 0.4) is 0 Å². The normalized spacial score (nSPS) is 12.1. The van der Waals surface area contributed by atoms with Gasteiger partial charge in [-0.1, -0.05) is 19.9 Å². The fourth-order valence-electron chi connectivity index (χ4n) is 1.75. The van der Waals surface area contributed by atoms with Crippen LogP contribution in [0.25, 0.3) is 5.82 Å². The Bertz CT molecular complexity index is 541. The molecule has 0 N–H and O–H groups in total. The van der Waals surface area contributed by atoms with Crippen LogP contribution in [0.5, 0.6) is 0 Å². The lowest BCUT2D eigenvalue weighted by atomic mass is 10.1. The smallest absolute Gasteiger partial charge is 0.237 e. The zero-order valence-electron chi connectivity index (χ0n) is 10.6. The number of aromatic nitrogens is 3. The zero-order chi connectivity index (χ0) is 14.0. The minimum atomic E-state index is -4.43. The van der Waals surface area contributed by atoms with Crippen LogP contribution in [0.4, 0.5) is 13.2 Å². The van der Waals surface area contributed by atoms with Crippen LogP contribution in [0, 0.1) is 5.92 Å². The van der Waals surface area contributed by atoms with Gasteiger partial charge in [-0.25, -0.2) is 9.67 Å². The Balaban J connectivity index is 2.20. The predicted molar refractivity (Wildman–Crippen MR) is 64.9 cm³/mol. The van der Waals surface area contributed by atoms with Crippen molar-refractivity contribution in [2.75, 3.05) is 0 Å². The second-order valence-electron chi connectivity index (χ2n) is 4.77. The van der Waals surface area contributed by atoms with Gasteiger partial charge in [0, 0.05) is 12.4 Å². The minimum absolute atomic E-state index is 0.378. The van der Waals surface area contributed by atoms with Crippen LogP contribution in [-0.4, -0.2) is 14.8 Å². The molecule has 2 rings (SSSR count). The van der Waals surface area contributed by atoms with Gasteiger partial charge in [0.1, 0.15) is 0 Å². The number of hydrogen-bond acceptors (Lipinski definition) is 2. The number of hydrogen-bond donors (Lipinski definition) is 0. The SMILES string of the molecule is CC(C)Cc1ccc(-n2ccc(C(F)(F)F)n2)nc1. The fraction of sp³-hybridized carbons (Fsp3) is 0.385. The maximum Gasteiger partial charge on any atom is 0.435 e. The molecule has 0 fully saturated rings. The maximum absolute atomic E-state index is 12.4. The molecule has 0 aliphatic heterocycles. The highest BCUT2D eigenvalue weighted by molar-refractivity contribution is 5.25. The Morgan fingerprint density at radius 3 is 2.42 bits per heavy atom. The first-order valence-electron chi connectivity index (χ1n) is 5.94. The van der Waals surface area contributed by atoms with Gasteiger partial charge in [-0.2, -0.15) is 18.3 Å². The van der Waals surface area contributed by atoms with Gasteiger partial charge < -0.3 is 0 Å². The molecule has 0 aliphatic carbocycles. The molecular formula is C13H14F3N3. The fourth-order valence-corrected chi connectivity index (χ4v) is 1.75. The summed E-state index contributed by atoms with van der Waals surface area (Å²) in [5, 5.41) is 3.47. The second kappa shape index (κ2) is 5.03. The summed E-state index contributed by atoms with van der Waals surface area (Å²) in [5.41, 5.74) is 0.141. The highest BCUT2D eigenvalue weighted by Gasteiger charge is 2.33. The summed E-state index contributed by atoms with van der Waals surface area (Å²) in [5.74, 6) is 0.886. The number of rotatable bonds is 3. The van der Waals surface area contributed by atoms with Crippen molar-refractivity contribution in [3.8, 4) is 5.82 Å². The molecule has 3 nitrogen and oxygen atoms in total. The monoisotopic (exact) mass is 269 g/mol. The second-order valence-corrected chi connectivity index (χ2v) is 4.77. The summed E-state index contributed by atoms with van der Waals surface area (Å²) < 4.78 is 38.4. The molecule has 0 radical (unpaired) electrons. The molecule has 0 spiro atoms. The lowest BCUT2D eigenvalue weighted by Gasteiger charge is -2.06. The van der Waals surface area contributed by atoms with E-state index in [1.807, 2.05) is 6.07 Å². The van der Waals surface area contributed by atoms with Gasteiger partial charge in [-0.05, 0) is 30.0 Å². The number of alkyl halides is 3. The first-order chi connectivity index (χ1) is 8.86. The summed E-state index contributed by atoms with van der Waals surface area (Å²) in [6, 6.07) is 4.46. The van der Waals surface area contributed by atoms with Gasteiger partial charge in [0.25, 0.3) is 0 Å². The molecule has 102 valence electrons. The van der Waals surface area contributed by atoms with E-state index >= 15 is 0 Å². The Morgan fingerprint density at radius 2 is 1.95 bits per heavy atom. The molecule has 0 bridgehead atoms. The lowest BCUT2D eigenvalue weighted by Crippen LogP contribution is -2.08. The lowest BCUT2D eigenvalue weighted by molar-refractivity contribution is -0.141. The van der Waals surface area contributed by atoms with Crippen molar-refractivity contribution in [1.29, 1.82) is 0 Å². The average Bonchev–Trinajstić information content (AvgIpc) is 2.78. The zero-order valence-corrected chi connectivity index (χ0v) is 10.6. The van der Waals surface area contributed by atoms with Crippen molar-refractivity contribution in [2.45, 2.75) is 26.4 Å². The summed E-state index contributed by atoms with van der Waals surface area (Å²) in [4.78, 5) is 4.13. The molecular weight excluding hydrogens is 255 g/mol. The van der Waals surface area contributed by atoms with Gasteiger partial charge in [-0.3, -0.25) is 0 Å². The molecule has 0 aromatic carbocycles. The number of nitrogens with zero attached hydrogens (tertiary/aromatic N) is 3. The summed E-state index contributed by atoms with van der Waals surface area (Å²) in [7, 11) is 0. The standard InChI is InChI=1S/C13H14F3N3/c1-9(2)7-10-3-4-12(17-8-10)19-6-5-11(18-19)13(14,15)16/h3-6,8-9H,7H2,1-2H3. The van der Waals surface area contributed by atoms with Crippen molar-refractivity contribution in [3.63, 3.8) is 0 Å². The maximum atomic E-state index is 12.4. The van der Waals surface area contributed by atoms with Gasteiger partial charge in [-0.15, -0.1) is 0 Å². The Hall–Kier alpha value is -1.85.